The van der Waals surface area contributed by atoms with Gasteiger partial charge >= 0.3 is 12.0 Å². The molecule has 0 spiro atoms. The summed E-state index contributed by atoms with van der Waals surface area (Å²) < 4.78 is 5.24. The van der Waals surface area contributed by atoms with E-state index in [2.05, 4.69) is 10.6 Å². The first-order valence-electron chi connectivity index (χ1n) is 8.60. The number of carboxylic acids is 1. The fraction of sp³-hybridized carbons (Fsp3) is 0.500. The molecule has 2 fully saturated rings. The number of methoxy groups -OCH3 is 1. The number of aliphatic carboxylic acids is 1. The zero-order valence-corrected chi connectivity index (χ0v) is 14.9. The van der Waals surface area contributed by atoms with E-state index in [1.54, 1.807) is 23.1 Å². The van der Waals surface area contributed by atoms with Crippen LogP contribution in [0.25, 0.3) is 0 Å². The van der Waals surface area contributed by atoms with Crippen LogP contribution in [0.4, 0.5) is 16.2 Å². The Bertz CT molecular complexity index is 750. The van der Waals surface area contributed by atoms with E-state index in [1.807, 2.05) is 0 Å². The van der Waals surface area contributed by atoms with Gasteiger partial charge in [-0.25, -0.2) is 4.79 Å². The monoisotopic (exact) mass is 361 g/mol. The molecule has 1 aliphatic carbocycles. The molecule has 0 unspecified atom stereocenters. The summed E-state index contributed by atoms with van der Waals surface area (Å²) in [5.74, 6) is -0.583. The fourth-order valence-electron chi connectivity index (χ4n) is 4.06. The second-order valence-corrected chi connectivity index (χ2v) is 6.96. The van der Waals surface area contributed by atoms with Crippen LogP contribution in [0.15, 0.2) is 18.2 Å². The number of carbonyl (C=O) groups is 3. The largest absolute Gasteiger partial charge is 0.494 e. The minimum atomic E-state index is -0.809. The topological polar surface area (TPSA) is 108 Å². The van der Waals surface area contributed by atoms with Gasteiger partial charge in [-0.3, -0.25) is 9.59 Å². The number of carbonyl (C=O) groups excluding carboxylic acids is 2. The van der Waals surface area contributed by atoms with Crippen LogP contribution in [0.2, 0.25) is 0 Å². The Morgan fingerprint density at radius 2 is 2.08 bits per heavy atom. The van der Waals surface area contributed by atoms with Crippen molar-refractivity contribution in [1.82, 2.24) is 4.90 Å². The molecule has 1 aromatic rings. The molecule has 0 aromatic heterocycles. The molecule has 3 N–H and O–H groups in total. The summed E-state index contributed by atoms with van der Waals surface area (Å²) in [4.78, 5) is 37.1. The van der Waals surface area contributed by atoms with Gasteiger partial charge in [0, 0.05) is 31.8 Å². The number of hydrogen-bond donors (Lipinski definition) is 3. The molecule has 2 atom stereocenters. The van der Waals surface area contributed by atoms with Crippen LogP contribution in [0, 0.1) is 11.3 Å². The summed E-state index contributed by atoms with van der Waals surface area (Å²) in [7, 11) is 1.48. The maximum atomic E-state index is 12.6. The van der Waals surface area contributed by atoms with E-state index in [9.17, 15) is 19.5 Å². The number of benzene rings is 1. The van der Waals surface area contributed by atoms with Gasteiger partial charge in [0.05, 0.1) is 18.2 Å². The summed E-state index contributed by atoms with van der Waals surface area (Å²) in [6, 6.07) is 4.60. The first-order valence-corrected chi connectivity index (χ1v) is 8.60. The Kier molecular flexibility index (Phi) is 4.76. The van der Waals surface area contributed by atoms with E-state index in [-0.39, 0.29) is 24.4 Å². The smallest absolute Gasteiger partial charge is 0.321 e. The van der Waals surface area contributed by atoms with Gasteiger partial charge < -0.3 is 25.4 Å². The van der Waals surface area contributed by atoms with Crippen LogP contribution in [-0.2, 0) is 9.59 Å². The van der Waals surface area contributed by atoms with Crippen LogP contribution in [-0.4, -0.2) is 48.1 Å². The number of rotatable bonds is 4. The van der Waals surface area contributed by atoms with Crippen LogP contribution < -0.4 is 15.4 Å². The minimum absolute atomic E-state index is 0.0161. The SMILES string of the molecule is COc1cc(NC(=O)N2C[C@@H]3CCC[C@@]3(C(=O)O)C2)ccc1NC(C)=O. The molecular formula is C18H23N3O5. The second kappa shape index (κ2) is 6.86. The van der Waals surface area contributed by atoms with Crippen molar-refractivity contribution in [3.8, 4) is 5.75 Å². The first-order chi connectivity index (χ1) is 12.4. The number of nitrogens with one attached hydrogen (secondary N) is 2. The molecule has 3 rings (SSSR count). The van der Waals surface area contributed by atoms with Crippen LogP contribution in [0.5, 0.6) is 5.75 Å². The molecule has 1 aliphatic heterocycles. The van der Waals surface area contributed by atoms with Gasteiger partial charge in [-0.1, -0.05) is 6.42 Å². The Morgan fingerprint density at radius 3 is 2.69 bits per heavy atom. The molecular weight excluding hydrogens is 338 g/mol. The van der Waals surface area contributed by atoms with E-state index in [0.717, 1.165) is 12.8 Å². The van der Waals surface area contributed by atoms with E-state index in [4.69, 9.17) is 4.74 Å². The highest BCUT2D eigenvalue weighted by Crippen LogP contribution is 2.49. The molecule has 8 heteroatoms. The van der Waals surface area contributed by atoms with Crippen molar-refractivity contribution in [3.63, 3.8) is 0 Å². The molecule has 26 heavy (non-hydrogen) atoms. The zero-order chi connectivity index (χ0) is 18.9. The highest BCUT2D eigenvalue weighted by Gasteiger charge is 2.55. The lowest BCUT2D eigenvalue weighted by Gasteiger charge is -2.23. The van der Waals surface area contributed by atoms with Gasteiger partial charge in [0.15, 0.2) is 0 Å². The molecule has 8 nitrogen and oxygen atoms in total. The van der Waals surface area contributed by atoms with E-state index in [1.165, 1.54) is 14.0 Å². The lowest BCUT2D eigenvalue weighted by molar-refractivity contribution is -0.149. The maximum absolute atomic E-state index is 12.6. The van der Waals surface area contributed by atoms with Gasteiger partial charge in [-0.15, -0.1) is 0 Å². The van der Waals surface area contributed by atoms with Gasteiger partial charge in [0.2, 0.25) is 5.91 Å². The maximum Gasteiger partial charge on any atom is 0.321 e. The predicted octanol–water partition coefficient (Wildman–Crippen LogP) is 2.37. The highest BCUT2D eigenvalue weighted by molar-refractivity contribution is 5.93. The normalized spacial score (nSPS) is 24.1. The van der Waals surface area contributed by atoms with E-state index < -0.39 is 11.4 Å². The third-order valence-electron chi connectivity index (χ3n) is 5.35. The lowest BCUT2D eigenvalue weighted by Crippen LogP contribution is -2.38. The highest BCUT2D eigenvalue weighted by atomic mass is 16.5. The number of ether oxygens (including phenoxy) is 1. The van der Waals surface area contributed by atoms with Crippen molar-refractivity contribution >= 4 is 29.3 Å². The Balaban J connectivity index is 1.71. The number of nitrogens with zero attached hydrogens (tertiary/aromatic N) is 1. The molecule has 0 radical (unpaired) electrons. The van der Waals surface area contributed by atoms with Crippen molar-refractivity contribution in [2.24, 2.45) is 11.3 Å². The van der Waals surface area contributed by atoms with Crippen molar-refractivity contribution in [2.75, 3.05) is 30.8 Å². The van der Waals surface area contributed by atoms with Crippen molar-refractivity contribution in [3.05, 3.63) is 18.2 Å². The van der Waals surface area contributed by atoms with E-state index in [0.29, 0.717) is 30.1 Å². The average Bonchev–Trinajstić information content (AvgIpc) is 3.14. The van der Waals surface area contributed by atoms with Crippen molar-refractivity contribution < 1.29 is 24.2 Å². The van der Waals surface area contributed by atoms with Crippen molar-refractivity contribution in [1.29, 1.82) is 0 Å². The number of likely N-dealkylation sites (tertiary alicyclic amines) is 1. The average molecular weight is 361 g/mol. The number of anilines is 2. The van der Waals surface area contributed by atoms with E-state index >= 15 is 0 Å². The van der Waals surface area contributed by atoms with Gasteiger partial charge in [-0.2, -0.15) is 0 Å². The molecule has 2 aliphatic rings. The Morgan fingerprint density at radius 1 is 1.31 bits per heavy atom. The molecule has 1 heterocycles. The van der Waals surface area contributed by atoms with Gasteiger partial charge in [0.1, 0.15) is 5.75 Å². The zero-order valence-electron chi connectivity index (χ0n) is 14.9. The minimum Gasteiger partial charge on any atom is -0.494 e. The molecule has 1 aromatic carbocycles. The number of fused-ring (bicyclic) bond motifs is 1. The number of hydrogen-bond acceptors (Lipinski definition) is 4. The molecule has 1 saturated heterocycles. The quantitative estimate of drug-likeness (QED) is 0.763. The van der Waals surface area contributed by atoms with Gasteiger partial charge in [0.25, 0.3) is 0 Å². The van der Waals surface area contributed by atoms with Crippen LogP contribution >= 0.6 is 0 Å². The standard InChI is InChI=1S/C18H23N3O5/c1-11(22)19-14-6-5-13(8-15(14)26-2)20-17(25)21-9-12-4-3-7-18(12,10-21)16(23)24/h5-6,8,12H,3-4,7,9-10H2,1-2H3,(H,19,22)(H,20,25)(H,23,24)/t12-,18+/m0/s1. The molecule has 1 saturated carbocycles. The molecule has 3 amide bonds. The summed E-state index contributed by atoms with van der Waals surface area (Å²) in [6.45, 7) is 2.09. The summed E-state index contributed by atoms with van der Waals surface area (Å²) in [5.41, 5.74) is 0.227. The van der Waals surface area contributed by atoms with Crippen molar-refractivity contribution in [2.45, 2.75) is 26.2 Å². The Labute approximate surface area is 151 Å². The second-order valence-electron chi connectivity index (χ2n) is 6.96. The fourth-order valence-corrected chi connectivity index (χ4v) is 4.06. The lowest BCUT2D eigenvalue weighted by atomic mass is 9.81. The number of urea groups is 1. The molecule has 140 valence electrons. The summed E-state index contributed by atoms with van der Waals surface area (Å²) >= 11 is 0. The third kappa shape index (κ3) is 3.18. The summed E-state index contributed by atoms with van der Waals surface area (Å²) in [6.07, 6.45) is 2.36. The third-order valence-corrected chi connectivity index (χ3v) is 5.35. The van der Waals surface area contributed by atoms with Crippen LogP contribution in [0.3, 0.4) is 0 Å². The number of amides is 3. The number of carboxylic acid groups (broad SMARTS) is 1. The Hall–Kier alpha value is -2.77. The summed E-state index contributed by atoms with van der Waals surface area (Å²) in [5, 5.41) is 15.1. The van der Waals surface area contributed by atoms with Crippen LogP contribution in [0.1, 0.15) is 26.2 Å². The predicted molar refractivity (Wildman–Crippen MR) is 95.3 cm³/mol. The first kappa shape index (κ1) is 18.0. The van der Waals surface area contributed by atoms with Gasteiger partial charge in [-0.05, 0) is 30.9 Å². The molecule has 0 bridgehead atoms.